The lowest BCUT2D eigenvalue weighted by atomic mass is 10.1. The van der Waals surface area contributed by atoms with Crippen LogP contribution < -0.4 is 10.6 Å². The summed E-state index contributed by atoms with van der Waals surface area (Å²) < 4.78 is 0. The molecule has 1 heterocycles. The third kappa shape index (κ3) is 5.26. The van der Waals surface area contributed by atoms with Gasteiger partial charge in [0.2, 0.25) is 0 Å². The maximum atomic E-state index is 11.5. The maximum Gasteiger partial charge on any atom is 0.326 e. The van der Waals surface area contributed by atoms with Gasteiger partial charge in [-0.15, -0.1) is 0 Å². The van der Waals surface area contributed by atoms with Crippen LogP contribution in [0.15, 0.2) is 0 Å². The summed E-state index contributed by atoms with van der Waals surface area (Å²) in [5.74, 6) is -0.700. The normalized spacial score (nSPS) is 17.8. The second kappa shape index (κ2) is 7.10. The Morgan fingerprint density at radius 3 is 2.33 bits per heavy atom. The Kier molecular flexibility index (Phi) is 5.76. The number of rotatable bonds is 5. The van der Waals surface area contributed by atoms with Crippen LogP contribution in [0.4, 0.5) is 4.79 Å². The molecule has 0 radical (unpaired) electrons. The third-order valence-corrected chi connectivity index (χ3v) is 3.59. The summed E-state index contributed by atoms with van der Waals surface area (Å²) in [6.45, 7) is 0. The highest BCUT2D eigenvalue weighted by molar-refractivity contribution is 7.99. The van der Waals surface area contributed by atoms with Crippen molar-refractivity contribution in [3.63, 3.8) is 0 Å². The zero-order chi connectivity index (χ0) is 13.5. The highest BCUT2D eigenvalue weighted by atomic mass is 32.2. The lowest BCUT2D eigenvalue weighted by Gasteiger charge is -2.23. The van der Waals surface area contributed by atoms with E-state index in [-0.39, 0.29) is 6.04 Å². The fraction of sp³-hybridized carbons (Fsp3) is 0.700. The van der Waals surface area contributed by atoms with Crippen molar-refractivity contribution < 1.29 is 24.6 Å². The molecular formula is C10H16N2O5S. The number of hydrogen-bond acceptors (Lipinski definition) is 4. The number of aliphatic carboxylic acids is 2. The number of carboxylic acid groups (broad SMARTS) is 2. The quantitative estimate of drug-likeness (QED) is 0.566. The number of amides is 2. The monoisotopic (exact) mass is 276 g/mol. The zero-order valence-electron chi connectivity index (χ0n) is 9.72. The Morgan fingerprint density at radius 2 is 1.83 bits per heavy atom. The van der Waals surface area contributed by atoms with E-state index in [1.54, 1.807) is 0 Å². The van der Waals surface area contributed by atoms with Gasteiger partial charge < -0.3 is 20.8 Å². The number of thioether (sulfide) groups is 1. The van der Waals surface area contributed by atoms with Crippen LogP contribution >= 0.6 is 11.8 Å². The van der Waals surface area contributed by atoms with Crippen molar-refractivity contribution in [2.45, 2.75) is 31.3 Å². The first-order chi connectivity index (χ1) is 8.49. The van der Waals surface area contributed by atoms with E-state index in [0.717, 1.165) is 24.3 Å². The number of nitrogens with one attached hydrogen (secondary N) is 2. The number of urea groups is 1. The predicted molar refractivity (Wildman–Crippen MR) is 65.7 cm³/mol. The molecule has 1 rings (SSSR count). The molecule has 0 aromatic rings. The van der Waals surface area contributed by atoms with Gasteiger partial charge in [0.05, 0.1) is 6.42 Å². The summed E-state index contributed by atoms with van der Waals surface area (Å²) >= 11 is 1.81. The van der Waals surface area contributed by atoms with Crippen LogP contribution in [0.3, 0.4) is 0 Å². The van der Waals surface area contributed by atoms with Crippen LogP contribution in [0, 0.1) is 0 Å². The van der Waals surface area contributed by atoms with Crippen molar-refractivity contribution >= 4 is 29.7 Å². The molecule has 18 heavy (non-hydrogen) atoms. The summed E-state index contributed by atoms with van der Waals surface area (Å²) in [5, 5.41) is 22.1. The van der Waals surface area contributed by atoms with Gasteiger partial charge in [-0.1, -0.05) is 0 Å². The van der Waals surface area contributed by atoms with Gasteiger partial charge in [0.15, 0.2) is 0 Å². The molecule has 1 fully saturated rings. The molecule has 0 aromatic carbocycles. The van der Waals surface area contributed by atoms with Crippen molar-refractivity contribution in [1.82, 2.24) is 10.6 Å². The van der Waals surface area contributed by atoms with Crippen LogP contribution in [0.2, 0.25) is 0 Å². The topological polar surface area (TPSA) is 116 Å². The van der Waals surface area contributed by atoms with Gasteiger partial charge >= 0.3 is 18.0 Å². The van der Waals surface area contributed by atoms with Gasteiger partial charge in [-0.05, 0) is 24.3 Å². The van der Waals surface area contributed by atoms with E-state index in [1.807, 2.05) is 11.8 Å². The minimum absolute atomic E-state index is 0.0329. The molecule has 0 bridgehead atoms. The van der Waals surface area contributed by atoms with Crippen LogP contribution in [0.5, 0.6) is 0 Å². The van der Waals surface area contributed by atoms with Gasteiger partial charge in [0.25, 0.3) is 0 Å². The predicted octanol–water partition coefficient (Wildman–Crippen LogP) is 0.109. The van der Waals surface area contributed by atoms with Crippen LogP contribution in [-0.2, 0) is 9.59 Å². The lowest BCUT2D eigenvalue weighted by molar-refractivity contribution is -0.145. The van der Waals surface area contributed by atoms with E-state index >= 15 is 0 Å². The highest BCUT2D eigenvalue weighted by Gasteiger charge is 2.24. The summed E-state index contributed by atoms with van der Waals surface area (Å²) in [6, 6.07) is -1.99. The maximum absolute atomic E-state index is 11.5. The molecule has 1 saturated heterocycles. The lowest BCUT2D eigenvalue weighted by Crippen LogP contribution is -2.50. The minimum atomic E-state index is -1.40. The van der Waals surface area contributed by atoms with Gasteiger partial charge in [0, 0.05) is 6.04 Å². The van der Waals surface area contributed by atoms with Gasteiger partial charge in [-0.3, -0.25) is 4.79 Å². The summed E-state index contributed by atoms with van der Waals surface area (Å²) in [5.41, 5.74) is 0. The molecule has 1 aliphatic heterocycles. The average Bonchev–Trinajstić information content (AvgIpc) is 2.28. The molecule has 1 aliphatic rings. The largest absolute Gasteiger partial charge is 0.481 e. The molecule has 0 saturated carbocycles. The van der Waals surface area contributed by atoms with Crippen molar-refractivity contribution in [1.29, 1.82) is 0 Å². The van der Waals surface area contributed by atoms with Crippen LogP contribution in [0.1, 0.15) is 19.3 Å². The second-order valence-corrected chi connectivity index (χ2v) is 5.22. The fourth-order valence-electron chi connectivity index (χ4n) is 1.60. The number of carbonyl (C=O) groups is 3. The van der Waals surface area contributed by atoms with E-state index in [4.69, 9.17) is 10.2 Å². The van der Waals surface area contributed by atoms with Gasteiger partial charge in [-0.25, -0.2) is 9.59 Å². The Balaban J connectivity index is 2.40. The van der Waals surface area contributed by atoms with Crippen molar-refractivity contribution in [3.8, 4) is 0 Å². The minimum Gasteiger partial charge on any atom is -0.481 e. The van der Waals surface area contributed by atoms with E-state index < -0.39 is 30.4 Å². The Morgan fingerprint density at radius 1 is 1.22 bits per heavy atom. The average molecular weight is 276 g/mol. The standard InChI is InChI=1S/C10H16N2O5S/c13-8(14)5-7(9(15)16)12-10(17)11-6-1-3-18-4-2-6/h6-7H,1-5H2,(H,13,14)(H,15,16)(H2,11,12,17). The van der Waals surface area contributed by atoms with Crippen LogP contribution in [-0.4, -0.2) is 51.8 Å². The van der Waals surface area contributed by atoms with Crippen LogP contribution in [0.25, 0.3) is 0 Å². The molecule has 0 aliphatic carbocycles. The molecule has 1 unspecified atom stereocenters. The van der Waals surface area contributed by atoms with Gasteiger partial charge in [-0.2, -0.15) is 11.8 Å². The van der Waals surface area contributed by atoms with Crippen molar-refractivity contribution in [3.05, 3.63) is 0 Å². The molecule has 0 spiro atoms. The SMILES string of the molecule is O=C(O)CC(NC(=O)NC1CCSCC1)C(=O)O. The molecule has 102 valence electrons. The first-order valence-electron chi connectivity index (χ1n) is 5.58. The first kappa shape index (κ1) is 14.6. The fourth-order valence-corrected chi connectivity index (χ4v) is 2.71. The van der Waals surface area contributed by atoms with Crippen molar-refractivity contribution in [2.24, 2.45) is 0 Å². The zero-order valence-corrected chi connectivity index (χ0v) is 10.5. The van der Waals surface area contributed by atoms with E-state index in [9.17, 15) is 14.4 Å². The number of carboxylic acids is 2. The Labute approximate surface area is 108 Å². The Hall–Kier alpha value is -1.44. The number of hydrogen-bond donors (Lipinski definition) is 4. The summed E-state index contributed by atoms with van der Waals surface area (Å²) in [6.07, 6.45) is 1.05. The molecule has 8 heteroatoms. The molecular weight excluding hydrogens is 260 g/mol. The van der Waals surface area contributed by atoms with E-state index in [0.29, 0.717) is 0 Å². The van der Waals surface area contributed by atoms with E-state index in [2.05, 4.69) is 10.6 Å². The summed E-state index contributed by atoms with van der Waals surface area (Å²) in [7, 11) is 0. The first-order valence-corrected chi connectivity index (χ1v) is 6.74. The molecule has 2 amide bonds. The number of carbonyl (C=O) groups excluding carboxylic acids is 1. The third-order valence-electron chi connectivity index (χ3n) is 2.54. The Bertz CT molecular complexity index is 330. The van der Waals surface area contributed by atoms with E-state index in [1.165, 1.54) is 0 Å². The van der Waals surface area contributed by atoms with Gasteiger partial charge in [0.1, 0.15) is 6.04 Å². The molecule has 0 aromatic heterocycles. The molecule has 4 N–H and O–H groups in total. The van der Waals surface area contributed by atoms with Crippen molar-refractivity contribution in [2.75, 3.05) is 11.5 Å². The highest BCUT2D eigenvalue weighted by Crippen LogP contribution is 2.16. The molecule has 1 atom stereocenters. The second-order valence-electron chi connectivity index (χ2n) is 3.99. The smallest absolute Gasteiger partial charge is 0.326 e. The summed E-state index contributed by atoms with van der Waals surface area (Å²) in [4.78, 5) is 32.7. The molecule has 7 nitrogen and oxygen atoms in total.